The van der Waals surface area contributed by atoms with Crippen LogP contribution < -0.4 is 16.0 Å². The number of carbonyl (C=O) groups is 1. The molecular formula is C19H27IN4O4S. The van der Waals surface area contributed by atoms with Gasteiger partial charge in [0.1, 0.15) is 9.84 Å². The molecule has 0 fully saturated rings. The molecule has 160 valence electrons. The van der Waals surface area contributed by atoms with E-state index in [9.17, 15) is 13.2 Å². The van der Waals surface area contributed by atoms with Crippen molar-refractivity contribution in [1.29, 1.82) is 0 Å². The fraction of sp³-hybridized carbons (Fsp3) is 0.368. The highest BCUT2D eigenvalue weighted by Gasteiger charge is 2.10. The van der Waals surface area contributed by atoms with Crippen LogP contribution in [-0.2, 0) is 16.4 Å². The number of benzene rings is 1. The predicted octanol–water partition coefficient (Wildman–Crippen LogP) is 2.64. The van der Waals surface area contributed by atoms with Crippen LogP contribution in [0.2, 0.25) is 0 Å². The highest BCUT2D eigenvalue weighted by atomic mass is 127. The minimum absolute atomic E-state index is 0. The minimum Gasteiger partial charge on any atom is -0.459 e. The first-order chi connectivity index (χ1) is 13.3. The standard InChI is InChI=1S/C19H26N4O4S.HI/c1-14(10-12-28(3,25)26)22-19(20-2)21-13-15-6-8-16(9-7-15)23-18(24)17-5-4-11-27-17;/h4-9,11,14H,10,12-13H2,1-3H3,(H,23,24)(H2,20,21,22);1H. The Kier molecular flexibility index (Phi) is 10.2. The van der Waals surface area contributed by atoms with E-state index >= 15 is 0 Å². The summed E-state index contributed by atoms with van der Waals surface area (Å²) in [5, 5.41) is 9.11. The molecule has 3 N–H and O–H groups in total. The Hall–Kier alpha value is -2.08. The largest absolute Gasteiger partial charge is 0.459 e. The molecule has 0 saturated heterocycles. The Morgan fingerprint density at radius 3 is 2.45 bits per heavy atom. The summed E-state index contributed by atoms with van der Waals surface area (Å²) in [4.78, 5) is 16.1. The number of aliphatic imine (C=N–C) groups is 1. The van der Waals surface area contributed by atoms with Crippen molar-refractivity contribution in [2.45, 2.75) is 25.9 Å². The second kappa shape index (κ2) is 11.8. The van der Waals surface area contributed by atoms with Crippen molar-refractivity contribution in [2.24, 2.45) is 4.99 Å². The molecule has 2 aromatic rings. The first kappa shape index (κ1) is 25.0. The van der Waals surface area contributed by atoms with Crippen molar-refractivity contribution in [2.75, 3.05) is 24.4 Å². The second-order valence-electron chi connectivity index (χ2n) is 6.52. The van der Waals surface area contributed by atoms with Gasteiger partial charge in [-0.05, 0) is 43.2 Å². The maximum absolute atomic E-state index is 12.0. The molecule has 10 heteroatoms. The van der Waals surface area contributed by atoms with Gasteiger partial charge in [0.05, 0.1) is 12.0 Å². The maximum atomic E-state index is 12.0. The summed E-state index contributed by atoms with van der Waals surface area (Å²) in [5.74, 6) is 0.675. The third kappa shape index (κ3) is 9.31. The number of halogens is 1. The summed E-state index contributed by atoms with van der Waals surface area (Å²) < 4.78 is 27.6. The molecule has 0 aliphatic carbocycles. The summed E-state index contributed by atoms with van der Waals surface area (Å²) >= 11 is 0. The molecule has 0 aliphatic heterocycles. The Balaban J connectivity index is 0.00000420. The molecule has 0 saturated carbocycles. The Morgan fingerprint density at radius 2 is 1.90 bits per heavy atom. The average Bonchev–Trinajstić information content (AvgIpc) is 3.19. The van der Waals surface area contributed by atoms with Crippen molar-refractivity contribution in [3.8, 4) is 0 Å². The van der Waals surface area contributed by atoms with Crippen molar-refractivity contribution in [3.05, 3.63) is 54.0 Å². The van der Waals surface area contributed by atoms with Crippen molar-refractivity contribution in [1.82, 2.24) is 10.6 Å². The van der Waals surface area contributed by atoms with Crippen LogP contribution in [0.4, 0.5) is 5.69 Å². The molecule has 0 aliphatic rings. The van der Waals surface area contributed by atoms with Gasteiger partial charge in [-0.2, -0.15) is 0 Å². The molecule has 1 aromatic carbocycles. The van der Waals surface area contributed by atoms with E-state index in [2.05, 4.69) is 20.9 Å². The zero-order chi connectivity index (χ0) is 20.6. The SMILES string of the molecule is CN=C(NCc1ccc(NC(=O)c2ccco2)cc1)NC(C)CCS(C)(=O)=O.I. The van der Waals surface area contributed by atoms with Crippen molar-refractivity contribution in [3.63, 3.8) is 0 Å². The number of sulfone groups is 1. The fourth-order valence-corrected chi connectivity index (χ4v) is 3.16. The number of hydrogen-bond acceptors (Lipinski definition) is 5. The van der Waals surface area contributed by atoms with E-state index < -0.39 is 9.84 Å². The molecule has 1 aromatic heterocycles. The summed E-state index contributed by atoms with van der Waals surface area (Å²) in [7, 11) is -1.32. The highest BCUT2D eigenvalue weighted by Crippen LogP contribution is 2.11. The molecule has 29 heavy (non-hydrogen) atoms. The van der Waals surface area contributed by atoms with Gasteiger partial charge >= 0.3 is 0 Å². The summed E-state index contributed by atoms with van der Waals surface area (Å²) in [5.41, 5.74) is 1.67. The van der Waals surface area contributed by atoms with E-state index in [0.717, 1.165) is 5.56 Å². The Bertz CT molecular complexity index is 897. The Labute approximate surface area is 188 Å². The highest BCUT2D eigenvalue weighted by molar-refractivity contribution is 14.0. The molecule has 2 rings (SSSR count). The fourth-order valence-electron chi connectivity index (χ4n) is 2.38. The molecule has 1 atom stereocenters. The molecular weight excluding hydrogens is 507 g/mol. The van der Waals surface area contributed by atoms with Crippen LogP contribution in [0.5, 0.6) is 0 Å². The number of carbonyl (C=O) groups excluding carboxylic acids is 1. The van der Waals surface area contributed by atoms with Gasteiger partial charge in [0.2, 0.25) is 0 Å². The van der Waals surface area contributed by atoms with Gasteiger partial charge in [-0.25, -0.2) is 8.42 Å². The van der Waals surface area contributed by atoms with E-state index in [-0.39, 0.29) is 47.4 Å². The molecule has 1 unspecified atom stereocenters. The normalized spacial score (nSPS) is 12.6. The van der Waals surface area contributed by atoms with Crippen molar-refractivity contribution >= 4 is 51.4 Å². The lowest BCUT2D eigenvalue weighted by molar-refractivity contribution is 0.0996. The number of amides is 1. The molecule has 0 spiro atoms. The predicted molar refractivity (Wildman–Crippen MR) is 126 cm³/mol. The third-order valence-corrected chi connectivity index (χ3v) is 4.92. The van der Waals surface area contributed by atoms with Crippen LogP contribution >= 0.6 is 24.0 Å². The first-order valence-corrected chi connectivity index (χ1v) is 10.9. The summed E-state index contributed by atoms with van der Waals surface area (Å²) in [6.45, 7) is 2.44. The molecule has 0 bridgehead atoms. The zero-order valence-electron chi connectivity index (χ0n) is 16.6. The number of nitrogens with zero attached hydrogens (tertiary/aromatic N) is 1. The van der Waals surface area contributed by atoms with E-state index in [0.29, 0.717) is 24.6 Å². The van der Waals surface area contributed by atoms with Crippen LogP contribution in [0.25, 0.3) is 0 Å². The van der Waals surface area contributed by atoms with Gasteiger partial charge in [-0.3, -0.25) is 9.79 Å². The minimum atomic E-state index is -2.98. The lowest BCUT2D eigenvalue weighted by Crippen LogP contribution is -2.42. The number of guanidine groups is 1. The average molecular weight is 534 g/mol. The lowest BCUT2D eigenvalue weighted by atomic mass is 10.2. The van der Waals surface area contributed by atoms with Crippen LogP contribution in [0.3, 0.4) is 0 Å². The number of anilines is 1. The van der Waals surface area contributed by atoms with E-state index in [1.165, 1.54) is 12.5 Å². The quantitative estimate of drug-likeness (QED) is 0.273. The summed E-state index contributed by atoms with van der Waals surface area (Å²) in [6, 6.07) is 10.6. The van der Waals surface area contributed by atoms with Crippen LogP contribution in [0.15, 0.2) is 52.1 Å². The van der Waals surface area contributed by atoms with Gasteiger partial charge < -0.3 is 20.4 Å². The maximum Gasteiger partial charge on any atom is 0.291 e. The number of hydrogen-bond donors (Lipinski definition) is 3. The van der Waals surface area contributed by atoms with Gasteiger partial charge in [-0.15, -0.1) is 24.0 Å². The Morgan fingerprint density at radius 1 is 1.21 bits per heavy atom. The number of rotatable bonds is 8. The van der Waals surface area contributed by atoms with Gasteiger partial charge in [0.25, 0.3) is 5.91 Å². The number of furan rings is 1. The number of nitrogens with one attached hydrogen (secondary N) is 3. The van der Waals surface area contributed by atoms with Gasteiger partial charge in [-0.1, -0.05) is 12.1 Å². The summed E-state index contributed by atoms with van der Waals surface area (Å²) in [6.07, 6.45) is 3.18. The van der Waals surface area contributed by atoms with Gasteiger partial charge in [0, 0.05) is 31.6 Å². The van der Waals surface area contributed by atoms with Gasteiger partial charge in [0.15, 0.2) is 11.7 Å². The zero-order valence-corrected chi connectivity index (χ0v) is 19.8. The van der Waals surface area contributed by atoms with E-state index in [1.807, 2.05) is 31.2 Å². The topological polar surface area (TPSA) is 113 Å². The van der Waals surface area contributed by atoms with E-state index in [4.69, 9.17) is 4.42 Å². The lowest BCUT2D eigenvalue weighted by Gasteiger charge is -2.17. The molecule has 1 amide bonds. The van der Waals surface area contributed by atoms with E-state index in [1.54, 1.807) is 19.2 Å². The monoisotopic (exact) mass is 534 g/mol. The smallest absolute Gasteiger partial charge is 0.291 e. The second-order valence-corrected chi connectivity index (χ2v) is 8.78. The van der Waals surface area contributed by atoms with Crippen LogP contribution in [-0.4, -0.2) is 45.4 Å². The molecule has 8 nitrogen and oxygen atoms in total. The molecule has 1 heterocycles. The van der Waals surface area contributed by atoms with Crippen LogP contribution in [0, 0.1) is 0 Å². The first-order valence-electron chi connectivity index (χ1n) is 8.85. The molecule has 0 radical (unpaired) electrons. The van der Waals surface area contributed by atoms with Crippen molar-refractivity contribution < 1.29 is 17.6 Å². The third-order valence-electron chi connectivity index (χ3n) is 3.95. The van der Waals surface area contributed by atoms with Crippen LogP contribution in [0.1, 0.15) is 29.5 Å².